The molecule has 1 aliphatic heterocycles. The Bertz CT molecular complexity index is 756. The quantitative estimate of drug-likeness (QED) is 0.761. The summed E-state index contributed by atoms with van der Waals surface area (Å²) < 4.78 is 5.72. The molecule has 0 aliphatic carbocycles. The first-order valence-corrected chi connectivity index (χ1v) is 8.90. The summed E-state index contributed by atoms with van der Waals surface area (Å²) in [5.41, 5.74) is 6.34. The largest absolute Gasteiger partial charge is 0.494 e. The molecule has 1 amide bonds. The summed E-state index contributed by atoms with van der Waals surface area (Å²) in [7, 11) is 0. The number of fused-ring (bicyclic) bond motifs is 1. The van der Waals surface area contributed by atoms with Crippen molar-refractivity contribution in [1.29, 1.82) is 0 Å². The highest BCUT2D eigenvalue weighted by atomic mass is 16.5. The molecule has 1 aliphatic rings. The van der Waals surface area contributed by atoms with Gasteiger partial charge in [0.15, 0.2) is 0 Å². The van der Waals surface area contributed by atoms with Gasteiger partial charge in [-0.3, -0.25) is 4.79 Å². The third-order valence-electron chi connectivity index (χ3n) is 4.69. The Morgan fingerprint density at radius 2 is 1.92 bits per heavy atom. The van der Waals surface area contributed by atoms with E-state index in [1.54, 1.807) is 0 Å². The van der Waals surface area contributed by atoms with Crippen LogP contribution in [0, 0.1) is 13.8 Å². The molecular formula is C21H26N2O2. The van der Waals surface area contributed by atoms with Crippen molar-refractivity contribution in [1.82, 2.24) is 10.6 Å². The van der Waals surface area contributed by atoms with Crippen LogP contribution in [0.25, 0.3) is 0 Å². The lowest BCUT2D eigenvalue weighted by molar-refractivity contribution is -0.121. The van der Waals surface area contributed by atoms with Crippen LogP contribution in [0.3, 0.4) is 0 Å². The SMILES string of the molecule is Cc1ccc(OCCCC(=O)NCc2ccc3c(c2)CNC3)cc1C. The lowest BCUT2D eigenvalue weighted by atomic mass is 10.1. The van der Waals surface area contributed by atoms with Gasteiger partial charge in [0.05, 0.1) is 6.61 Å². The Kier molecular flexibility index (Phi) is 5.71. The summed E-state index contributed by atoms with van der Waals surface area (Å²) >= 11 is 0. The Labute approximate surface area is 149 Å². The number of hydrogen-bond donors (Lipinski definition) is 2. The highest BCUT2D eigenvalue weighted by Gasteiger charge is 2.10. The molecule has 3 rings (SSSR count). The van der Waals surface area contributed by atoms with Crippen LogP contribution in [-0.2, 0) is 24.4 Å². The normalized spacial score (nSPS) is 12.7. The predicted octanol–water partition coefficient (Wildman–Crippen LogP) is 3.38. The molecule has 2 aromatic rings. The maximum absolute atomic E-state index is 12.0. The van der Waals surface area contributed by atoms with Crippen LogP contribution in [0.4, 0.5) is 0 Å². The molecule has 0 atom stereocenters. The van der Waals surface area contributed by atoms with Gasteiger partial charge in [-0.1, -0.05) is 24.3 Å². The molecule has 2 aromatic carbocycles. The van der Waals surface area contributed by atoms with Gasteiger partial charge in [-0.2, -0.15) is 0 Å². The van der Waals surface area contributed by atoms with E-state index < -0.39 is 0 Å². The van der Waals surface area contributed by atoms with E-state index in [0.717, 1.165) is 24.4 Å². The monoisotopic (exact) mass is 338 g/mol. The van der Waals surface area contributed by atoms with Crippen molar-refractivity contribution in [2.45, 2.75) is 46.3 Å². The van der Waals surface area contributed by atoms with Gasteiger partial charge in [0.2, 0.25) is 5.91 Å². The predicted molar refractivity (Wildman–Crippen MR) is 99.5 cm³/mol. The number of amides is 1. The van der Waals surface area contributed by atoms with Crippen molar-refractivity contribution in [3.8, 4) is 5.75 Å². The lowest BCUT2D eigenvalue weighted by Gasteiger charge is -2.09. The summed E-state index contributed by atoms with van der Waals surface area (Å²) in [6.45, 7) is 7.17. The van der Waals surface area contributed by atoms with Gasteiger partial charge in [-0.25, -0.2) is 0 Å². The maximum Gasteiger partial charge on any atom is 0.220 e. The summed E-state index contributed by atoms with van der Waals surface area (Å²) in [4.78, 5) is 12.0. The molecule has 0 spiro atoms. The summed E-state index contributed by atoms with van der Waals surface area (Å²) in [5, 5.41) is 6.32. The van der Waals surface area contributed by atoms with Crippen LogP contribution < -0.4 is 15.4 Å². The molecule has 0 bridgehead atoms. The number of carbonyl (C=O) groups is 1. The van der Waals surface area contributed by atoms with Gasteiger partial charge < -0.3 is 15.4 Å². The van der Waals surface area contributed by atoms with Gasteiger partial charge in [0, 0.05) is 26.1 Å². The third kappa shape index (κ3) is 4.83. The van der Waals surface area contributed by atoms with Crippen molar-refractivity contribution >= 4 is 5.91 Å². The Morgan fingerprint density at radius 1 is 1.08 bits per heavy atom. The van der Waals surface area contributed by atoms with Crippen LogP contribution in [-0.4, -0.2) is 12.5 Å². The van der Waals surface area contributed by atoms with Crippen molar-refractivity contribution in [2.75, 3.05) is 6.61 Å². The Balaban J connectivity index is 1.36. The topological polar surface area (TPSA) is 50.4 Å². The number of benzene rings is 2. The Hall–Kier alpha value is -2.33. The maximum atomic E-state index is 12.0. The minimum absolute atomic E-state index is 0.0716. The molecular weight excluding hydrogens is 312 g/mol. The first-order chi connectivity index (χ1) is 12.1. The second-order valence-corrected chi connectivity index (χ2v) is 6.68. The molecule has 4 heteroatoms. The zero-order chi connectivity index (χ0) is 17.6. The summed E-state index contributed by atoms with van der Waals surface area (Å²) in [6.07, 6.45) is 1.20. The fourth-order valence-corrected chi connectivity index (χ4v) is 2.97. The van der Waals surface area contributed by atoms with Crippen LogP contribution in [0.1, 0.15) is 40.7 Å². The molecule has 25 heavy (non-hydrogen) atoms. The molecule has 132 valence electrons. The van der Waals surface area contributed by atoms with E-state index in [2.05, 4.69) is 48.7 Å². The molecule has 0 aromatic heterocycles. The van der Waals surface area contributed by atoms with Crippen molar-refractivity contribution in [2.24, 2.45) is 0 Å². The van der Waals surface area contributed by atoms with Gasteiger partial charge in [-0.15, -0.1) is 0 Å². The Morgan fingerprint density at radius 3 is 2.76 bits per heavy atom. The van der Waals surface area contributed by atoms with Gasteiger partial charge in [0.1, 0.15) is 5.75 Å². The van der Waals surface area contributed by atoms with E-state index in [0.29, 0.717) is 26.0 Å². The first kappa shape index (κ1) is 17.5. The molecule has 0 unspecified atom stereocenters. The van der Waals surface area contributed by atoms with Gasteiger partial charge in [0.25, 0.3) is 0 Å². The van der Waals surface area contributed by atoms with E-state index in [-0.39, 0.29) is 5.91 Å². The zero-order valence-corrected chi connectivity index (χ0v) is 15.0. The molecule has 0 fully saturated rings. The van der Waals surface area contributed by atoms with E-state index in [4.69, 9.17) is 4.74 Å². The number of rotatable bonds is 7. The molecule has 0 radical (unpaired) electrons. The van der Waals surface area contributed by atoms with Crippen molar-refractivity contribution in [3.63, 3.8) is 0 Å². The van der Waals surface area contributed by atoms with E-state index in [1.165, 1.54) is 22.3 Å². The minimum atomic E-state index is 0.0716. The summed E-state index contributed by atoms with van der Waals surface area (Å²) in [6, 6.07) is 12.5. The third-order valence-corrected chi connectivity index (χ3v) is 4.69. The van der Waals surface area contributed by atoms with Gasteiger partial charge in [-0.05, 0) is 60.2 Å². The fraction of sp³-hybridized carbons (Fsp3) is 0.381. The van der Waals surface area contributed by atoms with E-state index in [9.17, 15) is 4.79 Å². The standard InChI is InChI=1S/C21H26N2O2/c1-15-5-8-20(10-16(15)2)25-9-3-4-21(24)23-12-17-6-7-18-13-22-14-19(18)11-17/h5-8,10-11,22H,3-4,9,12-14H2,1-2H3,(H,23,24). The van der Waals surface area contributed by atoms with Crippen LogP contribution in [0.5, 0.6) is 5.75 Å². The van der Waals surface area contributed by atoms with E-state index >= 15 is 0 Å². The molecule has 2 N–H and O–H groups in total. The van der Waals surface area contributed by atoms with Crippen LogP contribution >= 0.6 is 0 Å². The van der Waals surface area contributed by atoms with E-state index in [1.807, 2.05) is 12.1 Å². The zero-order valence-electron chi connectivity index (χ0n) is 15.0. The van der Waals surface area contributed by atoms with Crippen LogP contribution in [0.15, 0.2) is 36.4 Å². The fourth-order valence-electron chi connectivity index (χ4n) is 2.97. The van der Waals surface area contributed by atoms with Gasteiger partial charge >= 0.3 is 0 Å². The summed E-state index contributed by atoms with van der Waals surface area (Å²) in [5.74, 6) is 0.942. The van der Waals surface area contributed by atoms with Crippen molar-refractivity contribution in [3.05, 3.63) is 64.2 Å². The lowest BCUT2D eigenvalue weighted by Crippen LogP contribution is -2.23. The molecule has 0 saturated carbocycles. The number of nitrogens with one attached hydrogen (secondary N) is 2. The number of hydrogen-bond acceptors (Lipinski definition) is 3. The number of carbonyl (C=O) groups excluding carboxylic acids is 1. The second kappa shape index (κ2) is 8.17. The second-order valence-electron chi connectivity index (χ2n) is 6.68. The number of aryl methyl sites for hydroxylation is 2. The average molecular weight is 338 g/mol. The van der Waals surface area contributed by atoms with Crippen molar-refractivity contribution < 1.29 is 9.53 Å². The number of ether oxygens (including phenoxy) is 1. The molecule has 1 heterocycles. The minimum Gasteiger partial charge on any atom is -0.494 e. The highest BCUT2D eigenvalue weighted by Crippen LogP contribution is 2.17. The molecule has 4 nitrogen and oxygen atoms in total. The highest BCUT2D eigenvalue weighted by molar-refractivity contribution is 5.75. The first-order valence-electron chi connectivity index (χ1n) is 8.90. The molecule has 0 saturated heterocycles. The smallest absolute Gasteiger partial charge is 0.220 e. The van der Waals surface area contributed by atoms with Crippen LogP contribution in [0.2, 0.25) is 0 Å². The average Bonchev–Trinajstić information content (AvgIpc) is 3.07.